The van der Waals surface area contributed by atoms with Gasteiger partial charge in [-0.2, -0.15) is 0 Å². The summed E-state index contributed by atoms with van der Waals surface area (Å²) >= 11 is 1.73. The fraction of sp³-hybridized carbons (Fsp3) is 0.400. The maximum atomic E-state index is 11.8. The van der Waals surface area contributed by atoms with Gasteiger partial charge in [-0.05, 0) is 30.0 Å². The molecule has 1 unspecified atom stereocenters. The van der Waals surface area contributed by atoms with Crippen LogP contribution in [0.25, 0.3) is 0 Å². The second kappa shape index (κ2) is 7.17. The number of nitrogens with zero attached hydrogens (tertiary/aromatic N) is 3. The lowest BCUT2D eigenvalue weighted by Crippen LogP contribution is -2.23. The fourth-order valence-electron chi connectivity index (χ4n) is 1.99. The van der Waals surface area contributed by atoms with E-state index in [9.17, 15) is 4.79 Å². The van der Waals surface area contributed by atoms with Crippen molar-refractivity contribution in [2.45, 2.75) is 25.8 Å². The van der Waals surface area contributed by atoms with Crippen LogP contribution in [0.3, 0.4) is 0 Å². The highest BCUT2D eigenvalue weighted by atomic mass is 32.1. The predicted molar refractivity (Wildman–Crippen MR) is 85.6 cm³/mol. The van der Waals surface area contributed by atoms with Gasteiger partial charge in [0, 0.05) is 19.0 Å². The summed E-state index contributed by atoms with van der Waals surface area (Å²) in [4.78, 5) is 14.5. The van der Waals surface area contributed by atoms with E-state index < -0.39 is 0 Å². The monoisotopic (exact) mass is 304 g/mol. The summed E-state index contributed by atoms with van der Waals surface area (Å²) in [6, 6.07) is 7.92. The molecule has 0 saturated heterocycles. The molecule has 1 N–H and O–H groups in total. The van der Waals surface area contributed by atoms with Crippen molar-refractivity contribution in [3.05, 3.63) is 40.2 Å². The molecule has 2 aromatic heterocycles. The highest BCUT2D eigenvalue weighted by molar-refractivity contribution is 7.10. The number of hydrogen-bond donors (Lipinski definition) is 1. The first-order valence-electron chi connectivity index (χ1n) is 6.97. The largest absolute Gasteiger partial charge is 0.361 e. The Morgan fingerprint density at radius 3 is 2.67 bits per heavy atom. The number of carbonyl (C=O) groups is 1. The Morgan fingerprint density at radius 2 is 2.14 bits per heavy atom. The number of nitrogens with one attached hydrogen (secondary N) is 1. The van der Waals surface area contributed by atoms with Gasteiger partial charge < -0.3 is 10.2 Å². The van der Waals surface area contributed by atoms with Gasteiger partial charge in [-0.25, -0.2) is 0 Å². The van der Waals surface area contributed by atoms with Gasteiger partial charge in [0.2, 0.25) is 0 Å². The minimum absolute atomic E-state index is 0.141. The van der Waals surface area contributed by atoms with E-state index in [1.807, 2.05) is 0 Å². The van der Waals surface area contributed by atoms with Gasteiger partial charge in [-0.3, -0.25) is 4.79 Å². The third kappa shape index (κ3) is 4.01. The quantitative estimate of drug-likeness (QED) is 0.890. The number of rotatable bonds is 6. The average molecular weight is 304 g/mol. The first kappa shape index (κ1) is 15.4. The molecule has 21 heavy (non-hydrogen) atoms. The van der Waals surface area contributed by atoms with E-state index in [-0.39, 0.29) is 11.9 Å². The van der Waals surface area contributed by atoms with Gasteiger partial charge in [0.25, 0.3) is 5.91 Å². The fourth-order valence-corrected chi connectivity index (χ4v) is 2.81. The molecule has 0 spiro atoms. The third-order valence-corrected chi connectivity index (χ3v) is 4.06. The number of aromatic nitrogens is 2. The van der Waals surface area contributed by atoms with E-state index in [2.05, 4.69) is 40.0 Å². The Kier molecular flexibility index (Phi) is 5.27. The number of thiophene rings is 1. The van der Waals surface area contributed by atoms with Crippen molar-refractivity contribution in [1.82, 2.24) is 15.1 Å². The zero-order valence-corrected chi connectivity index (χ0v) is 13.4. The van der Waals surface area contributed by atoms with Gasteiger partial charge in [0.1, 0.15) is 5.82 Å². The molecule has 6 heteroatoms. The maximum absolute atomic E-state index is 11.8. The van der Waals surface area contributed by atoms with Crippen LogP contribution in [-0.2, 0) is 0 Å². The Hall–Kier alpha value is -1.95. The molecule has 1 amide bonds. The molecular weight excluding hydrogens is 284 g/mol. The third-order valence-electron chi connectivity index (χ3n) is 3.08. The van der Waals surface area contributed by atoms with Crippen LogP contribution in [0, 0.1) is 0 Å². The molecule has 0 aliphatic carbocycles. The summed E-state index contributed by atoms with van der Waals surface area (Å²) in [5, 5.41) is 13.6. The lowest BCUT2D eigenvalue weighted by atomic mass is 10.1. The molecule has 0 aliphatic heterocycles. The van der Waals surface area contributed by atoms with Crippen LogP contribution in [0.4, 0.5) is 5.82 Å². The predicted octanol–water partition coefficient (Wildman–Crippen LogP) is 3.19. The smallest absolute Gasteiger partial charge is 0.273 e. The summed E-state index contributed by atoms with van der Waals surface area (Å²) < 4.78 is 0. The Bertz CT molecular complexity index is 566. The van der Waals surface area contributed by atoms with E-state index in [1.165, 1.54) is 9.78 Å². The number of amides is 1. The minimum Gasteiger partial charge on any atom is -0.361 e. The first-order chi connectivity index (χ1) is 10.1. The average Bonchev–Trinajstić information content (AvgIpc) is 3.01. The number of carbonyl (C=O) groups excluding carboxylic acids is 1. The molecule has 5 nitrogen and oxygen atoms in total. The highest BCUT2D eigenvalue weighted by Crippen LogP contribution is 2.26. The van der Waals surface area contributed by atoms with Crippen molar-refractivity contribution in [3.8, 4) is 0 Å². The minimum atomic E-state index is -0.141. The van der Waals surface area contributed by atoms with E-state index in [4.69, 9.17) is 0 Å². The van der Waals surface area contributed by atoms with E-state index >= 15 is 0 Å². The molecule has 2 rings (SSSR count). The molecule has 112 valence electrons. The van der Waals surface area contributed by atoms with Crippen molar-refractivity contribution in [3.63, 3.8) is 0 Å². The van der Waals surface area contributed by atoms with Gasteiger partial charge in [0.05, 0.1) is 6.04 Å². The second-order valence-corrected chi connectivity index (χ2v) is 5.98. The Labute approximate surface area is 129 Å². The molecule has 1 atom stereocenters. The van der Waals surface area contributed by atoms with Gasteiger partial charge in [-0.15, -0.1) is 21.5 Å². The van der Waals surface area contributed by atoms with Gasteiger partial charge in [-0.1, -0.05) is 19.4 Å². The van der Waals surface area contributed by atoms with Crippen LogP contribution >= 0.6 is 11.3 Å². The molecule has 0 aromatic carbocycles. The van der Waals surface area contributed by atoms with E-state index in [1.54, 1.807) is 37.6 Å². The van der Waals surface area contributed by atoms with Crippen LogP contribution in [-0.4, -0.2) is 35.1 Å². The Morgan fingerprint density at radius 1 is 1.33 bits per heavy atom. The van der Waals surface area contributed by atoms with Crippen molar-refractivity contribution in [2.24, 2.45) is 0 Å². The molecule has 2 aromatic rings. The van der Waals surface area contributed by atoms with Crippen LogP contribution < -0.4 is 5.32 Å². The lowest BCUT2D eigenvalue weighted by molar-refractivity contribution is 0.0821. The maximum Gasteiger partial charge on any atom is 0.273 e. The van der Waals surface area contributed by atoms with Gasteiger partial charge >= 0.3 is 0 Å². The molecule has 0 fully saturated rings. The Balaban J connectivity index is 2.09. The van der Waals surface area contributed by atoms with Crippen LogP contribution in [0.2, 0.25) is 0 Å². The standard InChI is InChI=1S/C15H20N4OS/c1-4-6-11(13-7-5-10-21-13)16-14-9-8-12(17-18-14)15(20)19(2)3/h5,7-11H,4,6H2,1-3H3,(H,16,18). The first-order valence-corrected chi connectivity index (χ1v) is 7.85. The van der Waals surface area contributed by atoms with Crippen molar-refractivity contribution in [1.29, 1.82) is 0 Å². The van der Waals surface area contributed by atoms with E-state index in [0.29, 0.717) is 11.5 Å². The number of anilines is 1. The summed E-state index contributed by atoms with van der Waals surface area (Å²) in [5.74, 6) is 0.551. The summed E-state index contributed by atoms with van der Waals surface area (Å²) in [6.07, 6.45) is 2.11. The summed E-state index contributed by atoms with van der Waals surface area (Å²) in [6.45, 7) is 2.16. The number of hydrogen-bond acceptors (Lipinski definition) is 5. The highest BCUT2D eigenvalue weighted by Gasteiger charge is 2.14. The van der Waals surface area contributed by atoms with Crippen LogP contribution in [0.5, 0.6) is 0 Å². The van der Waals surface area contributed by atoms with Crippen LogP contribution in [0.1, 0.15) is 41.2 Å². The molecule has 2 heterocycles. The topological polar surface area (TPSA) is 58.1 Å². The molecule has 0 radical (unpaired) electrons. The summed E-state index contributed by atoms with van der Waals surface area (Å²) in [5.41, 5.74) is 0.355. The molecular formula is C15H20N4OS. The lowest BCUT2D eigenvalue weighted by Gasteiger charge is -2.17. The SMILES string of the molecule is CCCC(Nc1ccc(C(=O)N(C)C)nn1)c1cccs1. The van der Waals surface area contributed by atoms with Crippen LogP contribution in [0.15, 0.2) is 29.6 Å². The van der Waals surface area contributed by atoms with Crippen molar-refractivity contribution >= 4 is 23.1 Å². The van der Waals surface area contributed by atoms with E-state index in [0.717, 1.165) is 12.8 Å². The molecule has 0 bridgehead atoms. The van der Waals surface area contributed by atoms with Crippen molar-refractivity contribution in [2.75, 3.05) is 19.4 Å². The normalized spacial score (nSPS) is 12.0. The zero-order chi connectivity index (χ0) is 15.2. The summed E-state index contributed by atoms with van der Waals surface area (Å²) in [7, 11) is 3.40. The second-order valence-electron chi connectivity index (χ2n) is 5.00. The molecule has 0 aliphatic rings. The van der Waals surface area contributed by atoms with Gasteiger partial charge in [0.15, 0.2) is 5.69 Å². The molecule has 0 saturated carbocycles. The zero-order valence-electron chi connectivity index (χ0n) is 12.5. The van der Waals surface area contributed by atoms with Crippen molar-refractivity contribution < 1.29 is 4.79 Å².